The van der Waals surface area contributed by atoms with Crippen molar-refractivity contribution >= 4 is 23.4 Å². The fraction of sp³-hybridized carbons (Fsp3) is 0.273. The summed E-state index contributed by atoms with van der Waals surface area (Å²) >= 11 is 0. The van der Waals surface area contributed by atoms with Crippen LogP contribution in [0.4, 0.5) is 17.5 Å². The standard InChI is InChI=1S/C22H27N7O2/c23-8-2-9-26-21(31)17-4-1-5-18(14-17)28-22-27-12-7-19(29-22)16-6-11-25-20(15-16)24-10-3-13-30/h1,4-7,11-12,14-15,30H,2-3,8-10,13,23H2,(H,24,25)(H,26,31)(H,27,28,29). The van der Waals surface area contributed by atoms with Crippen LogP contribution < -0.4 is 21.7 Å². The molecule has 0 saturated heterocycles. The number of aliphatic hydroxyl groups is 1. The predicted octanol–water partition coefficient (Wildman–Crippen LogP) is 2.16. The van der Waals surface area contributed by atoms with E-state index in [9.17, 15) is 4.79 Å². The molecule has 0 saturated carbocycles. The number of carbonyl (C=O) groups is 1. The number of aliphatic hydroxyl groups excluding tert-OH is 1. The van der Waals surface area contributed by atoms with Gasteiger partial charge in [-0.2, -0.15) is 0 Å². The summed E-state index contributed by atoms with van der Waals surface area (Å²) < 4.78 is 0. The van der Waals surface area contributed by atoms with Crippen LogP contribution in [0.1, 0.15) is 23.2 Å². The highest BCUT2D eigenvalue weighted by atomic mass is 16.3. The van der Waals surface area contributed by atoms with Gasteiger partial charge in [-0.3, -0.25) is 4.79 Å². The van der Waals surface area contributed by atoms with Gasteiger partial charge in [0.1, 0.15) is 5.82 Å². The van der Waals surface area contributed by atoms with E-state index in [-0.39, 0.29) is 12.5 Å². The van der Waals surface area contributed by atoms with Crippen LogP contribution in [-0.2, 0) is 0 Å². The minimum atomic E-state index is -0.148. The second-order valence-electron chi connectivity index (χ2n) is 6.80. The number of hydrogen-bond donors (Lipinski definition) is 5. The number of pyridine rings is 1. The molecule has 3 aromatic rings. The SMILES string of the molecule is NCCCNC(=O)c1cccc(Nc2nccc(-c3ccnc(NCCCO)c3)n2)c1. The summed E-state index contributed by atoms with van der Waals surface area (Å²) in [5, 5.41) is 18.1. The number of carbonyl (C=O) groups excluding carboxylic acids is 1. The Morgan fingerprint density at radius 3 is 2.74 bits per heavy atom. The highest BCUT2D eigenvalue weighted by Gasteiger charge is 2.08. The molecule has 0 spiro atoms. The first-order chi connectivity index (χ1) is 15.2. The summed E-state index contributed by atoms with van der Waals surface area (Å²) in [5.41, 5.74) is 8.35. The van der Waals surface area contributed by atoms with Crippen molar-refractivity contribution in [2.24, 2.45) is 5.73 Å². The number of nitrogens with one attached hydrogen (secondary N) is 3. The first kappa shape index (κ1) is 22.1. The Balaban J connectivity index is 1.71. The number of amides is 1. The van der Waals surface area contributed by atoms with Crippen molar-refractivity contribution < 1.29 is 9.90 Å². The highest BCUT2D eigenvalue weighted by Crippen LogP contribution is 2.21. The number of nitrogens with two attached hydrogens (primary N) is 1. The molecule has 2 aromatic heterocycles. The normalized spacial score (nSPS) is 10.5. The zero-order valence-electron chi connectivity index (χ0n) is 17.2. The molecule has 0 aliphatic heterocycles. The van der Waals surface area contributed by atoms with Crippen LogP contribution in [0, 0.1) is 0 Å². The molecule has 0 bridgehead atoms. The van der Waals surface area contributed by atoms with Crippen LogP contribution in [0.25, 0.3) is 11.3 Å². The molecule has 0 aliphatic rings. The summed E-state index contributed by atoms with van der Waals surface area (Å²) in [4.78, 5) is 25.4. The van der Waals surface area contributed by atoms with Crippen molar-refractivity contribution in [3.63, 3.8) is 0 Å². The third kappa shape index (κ3) is 6.73. The maximum absolute atomic E-state index is 12.3. The first-order valence-electron chi connectivity index (χ1n) is 10.2. The highest BCUT2D eigenvalue weighted by molar-refractivity contribution is 5.95. The van der Waals surface area contributed by atoms with E-state index < -0.39 is 0 Å². The Labute approximate surface area is 181 Å². The van der Waals surface area contributed by atoms with Crippen LogP contribution in [0.5, 0.6) is 0 Å². The number of benzene rings is 1. The average molecular weight is 422 g/mol. The Bertz CT molecular complexity index is 997. The minimum absolute atomic E-state index is 0.129. The van der Waals surface area contributed by atoms with E-state index in [4.69, 9.17) is 10.8 Å². The van der Waals surface area contributed by atoms with Gasteiger partial charge < -0.3 is 26.8 Å². The van der Waals surface area contributed by atoms with Gasteiger partial charge in [0.15, 0.2) is 0 Å². The van der Waals surface area contributed by atoms with Crippen LogP contribution in [-0.4, -0.2) is 52.2 Å². The van der Waals surface area contributed by atoms with E-state index in [1.54, 1.807) is 30.6 Å². The number of rotatable bonds is 11. The Morgan fingerprint density at radius 2 is 1.90 bits per heavy atom. The quantitative estimate of drug-likeness (QED) is 0.297. The van der Waals surface area contributed by atoms with Crippen LogP contribution in [0.2, 0.25) is 0 Å². The van der Waals surface area contributed by atoms with Gasteiger partial charge in [-0.25, -0.2) is 15.0 Å². The molecule has 31 heavy (non-hydrogen) atoms. The molecule has 162 valence electrons. The fourth-order valence-corrected chi connectivity index (χ4v) is 2.84. The lowest BCUT2D eigenvalue weighted by Gasteiger charge is -2.10. The monoisotopic (exact) mass is 421 g/mol. The Morgan fingerprint density at radius 1 is 1.03 bits per heavy atom. The van der Waals surface area contributed by atoms with Gasteiger partial charge in [0, 0.05) is 48.9 Å². The second-order valence-corrected chi connectivity index (χ2v) is 6.80. The lowest BCUT2D eigenvalue weighted by atomic mass is 10.2. The maximum atomic E-state index is 12.3. The van der Waals surface area contributed by atoms with Crippen molar-refractivity contribution in [3.05, 3.63) is 60.4 Å². The van der Waals surface area contributed by atoms with Crippen LogP contribution in [0.15, 0.2) is 54.9 Å². The van der Waals surface area contributed by atoms with Gasteiger partial charge in [-0.1, -0.05) is 6.07 Å². The largest absolute Gasteiger partial charge is 0.396 e. The summed E-state index contributed by atoms with van der Waals surface area (Å²) in [6.07, 6.45) is 4.77. The molecule has 9 heteroatoms. The lowest BCUT2D eigenvalue weighted by molar-refractivity contribution is 0.0953. The number of nitrogens with zero attached hydrogens (tertiary/aromatic N) is 3. The minimum Gasteiger partial charge on any atom is -0.396 e. The molecule has 6 N–H and O–H groups in total. The molecule has 1 aromatic carbocycles. The number of anilines is 3. The summed E-state index contributed by atoms with van der Waals surface area (Å²) in [5.74, 6) is 0.988. The van der Waals surface area contributed by atoms with Crippen molar-refractivity contribution in [2.75, 3.05) is 36.9 Å². The van der Waals surface area contributed by atoms with Gasteiger partial charge in [0.2, 0.25) is 5.95 Å². The number of hydrogen-bond acceptors (Lipinski definition) is 8. The van der Waals surface area contributed by atoms with Gasteiger partial charge in [0.05, 0.1) is 5.69 Å². The molecular weight excluding hydrogens is 394 g/mol. The molecule has 1 amide bonds. The first-order valence-corrected chi connectivity index (χ1v) is 10.2. The van der Waals surface area contributed by atoms with Crippen molar-refractivity contribution in [2.45, 2.75) is 12.8 Å². The summed E-state index contributed by atoms with van der Waals surface area (Å²) in [7, 11) is 0. The summed E-state index contributed by atoms with van der Waals surface area (Å²) in [6, 6.07) is 12.7. The number of aromatic nitrogens is 3. The van der Waals surface area contributed by atoms with Gasteiger partial charge in [0.25, 0.3) is 5.91 Å². The Hall–Kier alpha value is -3.56. The van der Waals surface area contributed by atoms with E-state index in [1.807, 2.05) is 24.3 Å². The topological polar surface area (TPSA) is 138 Å². The molecule has 0 aliphatic carbocycles. The van der Waals surface area contributed by atoms with Crippen molar-refractivity contribution in [1.82, 2.24) is 20.3 Å². The molecule has 0 unspecified atom stereocenters. The third-order valence-electron chi connectivity index (χ3n) is 4.40. The van der Waals surface area contributed by atoms with Gasteiger partial charge in [-0.15, -0.1) is 0 Å². The fourth-order valence-electron chi connectivity index (χ4n) is 2.84. The maximum Gasteiger partial charge on any atom is 0.251 e. The lowest BCUT2D eigenvalue weighted by Crippen LogP contribution is -2.25. The molecule has 0 fully saturated rings. The van der Waals surface area contributed by atoms with Crippen LogP contribution >= 0.6 is 0 Å². The molecule has 0 radical (unpaired) electrons. The van der Waals surface area contributed by atoms with E-state index in [0.717, 1.165) is 17.7 Å². The van der Waals surface area contributed by atoms with Gasteiger partial charge >= 0.3 is 0 Å². The van der Waals surface area contributed by atoms with E-state index in [0.29, 0.717) is 49.1 Å². The van der Waals surface area contributed by atoms with Crippen LogP contribution in [0.3, 0.4) is 0 Å². The second kappa shape index (κ2) is 11.6. The smallest absolute Gasteiger partial charge is 0.251 e. The zero-order valence-corrected chi connectivity index (χ0v) is 17.2. The zero-order chi connectivity index (χ0) is 21.9. The predicted molar refractivity (Wildman–Crippen MR) is 121 cm³/mol. The summed E-state index contributed by atoms with van der Waals surface area (Å²) in [6.45, 7) is 1.85. The third-order valence-corrected chi connectivity index (χ3v) is 4.40. The average Bonchev–Trinajstić information content (AvgIpc) is 2.80. The van der Waals surface area contributed by atoms with Crippen molar-refractivity contribution in [3.8, 4) is 11.3 Å². The van der Waals surface area contributed by atoms with Crippen molar-refractivity contribution in [1.29, 1.82) is 0 Å². The van der Waals surface area contributed by atoms with E-state index in [2.05, 4.69) is 30.9 Å². The molecule has 3 rings (SSSR count). The Kier molecular flexibility index (Phi) is 8.27. The molecule has 0 atom stereocenters. The molecule has 9 nitrogen and oxygen atoms in total. The van der Waals surface area contributed by atoms with E-state index in [1.165, 1.54) is 0 Å². The van der Waals surface area contributed by atoms with E-state index >= 15 is 0 Å². The molecular formula is C22H27N7O2. The van der Waals surface area contributed by atoms with Gasteiger partial charge in [-0.05, 0) is 55.8 Å². The molecule has 2 heterocycles.